The van der Waals surface area contributed by atoms with Crippen LogP contribution in [0.4, 0.5) is 5.69 Å². The Kier molecular flexibility index (Phi) is 9.23. The Bertz CT molecular complexity index is 858. The van der Waals surface area contributed by atoms with Gasteiger partial charge in [0.15, 0.2) is 0 Å². The Labute approximate surface area is 171 Å². The third kappa shape index (κ3) is 8.48. The molecule has 0 aliphatic heterocycles. The standard InChI is InChI=1S/C23H27N3O3/c1-2-7-23(28)26-20-10-5-9-19(14-20)17-25-22(27)12-3-4-13-29-21-11-6-8-18(15-21)16-24/h5-6,8-11,14-15H,2-4,7,12-13,17H2,1H3,(H,25,27)(H,26,28). The highest BCUT2D eigenvalue weighted by Crippen LogP contribution is 2.13. The maximum atomic E-state index is 12.0. The van der Waals surface area contributed by atoms with E-state index in [9.17, 15) is 9.59 Å². The van der Waals surface area contributed by atoms with Crippen molar-refractivity contribution in [1.29, 1.82) is 5.26 Å². The van der Waals surface area contributed by atoms with Crippen LogP contribution in [0.15, 0.2) is 48.5 Å². The first kappa shape index (κ1) is 22.0. The van der Waals surface area contributed by atoms with Gasteiger partial charge in [0, 0.05) is 25.1 Å². The number of nitriles is 1. The van der Waals surface area contributed by atoms with Crippen LogP contribution in [0.2, 0.25) is 0 Å². The number of hydrogen-bond donors (Lipinski definition) is 2. The van der Waals surface area contributed by atoms with E-state index in [-0.39, 0.29) is 11.8 Å². The Morgan fingerprint density at radius 3 is 2.66 bits per heavy atom. The first-order chi connectivity index (χ1) is 14.1. The smallest absolute Gasteiger partial charge is 0.224 e. The molecule has 0 saturated heterocycles. The molecular formula is C23H27N3O3. The molecule has 2 amide bonds. The monoisotopic (exact) mass is 393 g/mol. The summed E-state index contributed by atoms with van der Waals surface area (Å²) in [7, 11) is 0. The van der Waals surface area contributed by atoms with Gasteiger partial charge >= 0.3 is 0 Å². The second-order valence-corrected chi connectivity index (χ2v) is 6.72. The zero-order valence-corrected chi connectivity index (χ0v) is 16.7. The molecule has 2 rings (SSSR count). The topological polar surface area (TPSA) is 91.2 Å². The highest BCUT2D eigenvalue weighted by atomic mass is 16.5. The van der Waals surface area contributed by atoms with E-state index >= 15 is 0 Å². The highest BCUT2D eigenvalue weighted by molar-refractivity contribution is 5.90. The van der Waals surface area contributed by atoms with E-state index < -0.39 is 0 Å². The molecule has 0 aliphatic carbocycles. The molecule has 29 heavy (non-hydrogen) atoms. The van der Waals surface area contributed by atoms with Crippen molar-refractivity contribution in [3.63, 3.8) is 0 Å². The van der Waals surface area contributed by atoms with Crippen molar-refractivity contribution in [2.75, 3.05) is 11.9 Å². The summed E-state index contributed by atoms with van der Waals surface area (Å²) in [5.41, 5.74) is 2.25. The van der Waals surface area contributed by atoms with Gasteiger partial charge in [0.1, 0.15) is 5.75 Å². The minimum atomic E-state index is -0.0168. The fourth-order valence-electron chi connectivity index (χ4n) is 2.73. The number of nitrogens with one attached hydrogen (secondary N) is 2. The molecule has 2 aromatic carbocycles. The molecule has 0 aromatic heterocycles. The molecule has 0 fully saturated rings. The van der Waals surface area contributed by atoms with E-state index in [1.165, 1.54) is 0 Å². The number of nitrogens with zero attached hydrogens (tertiary/aromatic N) is 1. The summed E-state index contributed by atoms with van der Waals surface area (Å²) >= 11 is 0. The Hall–Kier alpha value is -3.33. The summed E-state index contributed by atoms with van der Waals surface area (Å²) in [5.74, 6) is 0.645. The summed E-state index contributed by atoms with van der Waals surface area (Å²) in [5, 5.41) is 14.6. The van der Waals surface area contributed by atoms with Gasteiger partial charge in [-0.05, 0) is 55.2 Å². The number of hydrogen-bond acceptors (Lipinski definition) is 4. The second-order valence-electron chi connectivity index (χ2n) is 6.72. The van der Waals surface area contributed by atoms with Crippen LogP contribution < -0.4 is 15.4 Å². The molecule has 0 spiro atoms. The number of benzene rings is 2. The summed E-state index contributed by atoms with van der Waals surface area (Å²) in [4.78, 5) is 23.7. The first-order valence-corrected chi connectivity index (χ1v) is 9.89. The van der Waals surface area contributed by atoms with E-state index in [1.54, 1.807) is 18.2 Å². The van der Waals surface area contributed by atoms with Crippen LogP contribution in [0.1, 0.15) is 50.2 Å². The van der Waals surface area contributed by atoms with Crippen LogP contribution in [0.25, 0.3) is 0 Å². The SMILES string of the molecule is CCCC(=O)Nc1cccc(CNC(=O)CCCCOc2cccc(C#N)c2)c1. The third-order valence-corrected chi connectivity index (χ3v) is 4.21. The van der Waals surface area contributed by atoms with E-state index in [4.69, 9.17) is 10.00 Å². The van der Waals surface area contributed by atoms with Gasteiger partial charge in [0.2, 0.25) is 11.8 Å². The maximum Gasteiger partial charge on any atom is 0.224 e. The predicted octanol–water partition coefficient (Wildman–Crippen LogP) is 4.16. The van der Waals surface area contributed by atoms with Gasteiger partial charge in [-0.15, -0.1) is 0 Å². The van der Waals surface area contributed by atoms with Crippen LogP contribution in [-0.2, 0) is 16.1 Å². The van der Waals surface area contributed by atoms with Gasteiger partial charge in [0.25, 0.3) is 0 Å². The Morgan fingerprint density at radius 1 is 1.03 bits per heavy atom. The number of unbranched alkanes of at least 4 members (excludes halogenated alkanes) is 1. The molecule has 0 aliphatic rings. The van der Waals surface area contributed by atoms with Crippen molar-refractivity contribution >= 4 is 17.5 Å². The number of ether oxygens (including phenoxy) is 1. The minimum absolute atomic E-state index is 0.00439. The third-order valence-electron chi connectivity index (χ3n) is 4.21. The van der Waals surface area contributed by atoms with E-state index in [1.807, 2.05) is 37.3 Å². The summed E-state index contributed by atoms with van der Waals surface area (Å²) in [6.07, 6.45) is 3.20. The number of amides is 2. The van der Waals surface area contributed by atoms with Crippen molar-refractivity contribution in [2.24, 2.45) is 0 Å². The number of carbonyl (C=O) groups excluding carboxylic acids is 2. The van der Waals surface area contributed by atoms with Crippen LogP contribution in [-0.4, -0.2) is 18.4 Å². The highest BCUT2D eigenvalue weighted by Gasteiger charge is 2.04. The molecule has 6 heteroatoms. The molecule has 2 aromatic rings. The maximum absolute atomic E-state index is 12.0. The van der Waals surface area contributed by atoms with Crippen molar-refractivity contribution in [1.82, 2.24) is 5.32 Å². The lowest BCUT2D eigenvalue weighted by molar-refractivity contribution is -0.121. The van der Waals surface area contributed by atoms with Crippen LogP contribution in [0.5, 0.6) is 5.75 Å². The summed E-state index contributed by atoms with van der Waals surface area (Å²) in [6.45, 7) is 2.89. The number of rotatable bonds is 11. The lowest BCUT2D eigenvalue weighted by atomic mass is 10.2. The van der Waals surface area contributed by atoms with Crippen LogP contribution in [0.3, 0.4) is 0 Å². The largest absolute Gasteiger partial charge is 0.494 e. The fraction of sp³-hybridized carbons (Fsp3) is 0.348. The summed E-state index contributed by atoms with van der Waals surface area (Å²) in [6, 6.07) is 16.6. The van der Waals surface area contributed by atoms with Gasteiger partial charge in [0.05, 0.1) is 18.2 Å². The molecule has 0 radical (unpaired) electrons. The Morgan fingerprint density at radius 2 is 1.86 bits per heavy atom. The van der Waals surface area contributed by atoms with Gasteiger partial charge in [-0.3, -0.25) is 9.59 Å². The van der Waals surface area contributed by atoms with Crippen molar-refractivity contribution in [3.8, 4) is 11.8 Å². The van der Waals surface area contributed by atoms with Gasteiger partial charge in [-0.1, -0.05) is 25.1 Å². The average Bonchev–Trinajstić information content (AvgIpc) is 2.72. The zero-order valence-electron chi connectivity index (χ0n) is 16.7. The number of anilines is 1. The average molecular weight is 393 g/mol. The molecule has 0 atom stereocenters. The van der Waals surface area contributed by atoms with E-state index in [0.29, 0.717) is 37.3 Å². The molecule has 152 valence electrons. The van der Waals surface area contributed by atoms with Crippen LogP contribution >= 0.6 is 0 Å². The first-order valence-electron chi connectivity index (χ1n) is 9.89. The Balaban J connectivity index is 1.64. The van der Waals surface area contributed by atoms with Crippen molar-refractivity contribution in [3.05, 3.63) is 59.7 Å². The van der Waals surface area contributed by atoms with E-state index in [0.717, 1.165) is 30.5 Å². The second kappa shape index (κ2) is 12.2. The van der Waals surface area contributed by atoms with Crippen LogP contribution in [0, 0.1) is 11.3 Å². The molecular weight excluding hydrogens is 366 g/mol. The van der Waals surface area contributed by atoms with E-state index in [2.05, 4.69) is 16.7 Å². The normalized spacial score (nSPS) is 10.1. The van der Waals surface area contributed by atoms with Gasteiger partial charge in [-0.25, -0.2) is 0 Å². The molecule has 0 bridgehead atoms. The molecule has 0 heterocycles. The molecule has 0 saturated carbocycles. The predicted molar refractivity (Wildman–Crippen MR) is 112 cm³/mol. The molecule has 2 N–H and O–H groups in total. The van der Waals surface area contributed by atoms with Crippen molar-refractivity contribution < 1.29 is 14.3 Å². The van der Waals surface area contributed by atoms with Gasteiger partial charge < -0.3 is 15.4 Å². The quantitative estimate of drug-likeness (QED) is 0.561. The molecule has 6 nitrogen and oxygen atoms in total. The van der Waals surface area contributed by atoms with Crippen molar-refractivity contribution in [2.45, 2.75) is 45.6 Å². The summed E-state index contributed by atoms with van der Waals surface area (Å²) < 4.78 is 5.60. The number of carbonyl (C=O) groups is 2. The lowest BCUT2D eigenvalue weighted by Gasteiger charge is -2.09. The lowest BCUT2D eigenvalue weighted by Crippen LogP contribution is -2.22. The molecule has 0 unspecified atom stereocenters. The van der Waals surface area contributed by atoms with Gasteiger partial charge in [-0.2, -0.15) is 5.26 Å². The minimum Gasteiger partial charge on any atom is -0.494 e. The fourth-order valence-corrected chi connectivity index (χ4v) is 2.73. The zero-order chi connectivity index (χ0) is 20.9.